The molecule has 0 saturated heterocycles. The third-order valence-electron chi connectivity index (χ3n) is 2.56. The van der Waals surface area contributed by atoms with E-state index < -0.39 is 0 Å². The van der Waals surface area contributed by atoms with Gasteiger partial charge in [-0.2, -0.15) is 15.0 Å². The minimum atomic E-state index is 0.0766. The van der Waals surface area contributed by atoms with Crippen LogP contribution >= 0.6 is 0 Å². The molecule has 102 valence electrons. The number of hydrogen-bond donors (Lipinski definition) is 1. The molecule has 7 nitrogen and oxygen atoms in total. The number of rotatable bonds is 6. The average Bonchev–Trinajstić information content (AvgIpc) is 2.92. The van der Waals surface area contributed by atoms with E-state index >= 15 is 0 Å². The minimum absolute atomic E-state index is 0.0766. The van der Waals surface area contributed by atoms with Crippen LogP contribution in [0.15, 0.2) is 18.7 Å². The second kappa shape index (κ2) is 6.12. The summed E-state index contributed by atoms with van der Waals surface area (Å²) in [6, 6.07) is 0.323. The molecule has 0 fully saturated rings. The van der Waals surface area contributed by atoms with Crippen molar-refractivity contribution >= 4 is 5.95 Å². The summed E-state index contributed by atoms with van der Waals surface area (Å²) in [4.78, 5) is 16.7. The van der Waals surface area contributed by atoms with E-state index in [1.807, 2.05) is 6.92 Å². The summed E-state index contributed by atoms with van der Waals surface area (Å²) in [5.41, 5.74) is 0. The van der Waals surface area contributed by atoms with E-state index in [1.165, 1.54) is 0 Å². The molecule has 1 atom stereocenters. The van der Waals surface area contributed by atoms with Crippen LogP contribution in [0.5, 0.6) is 6.01 Å². The van der Waals surface area contributed by atoms with Crippen LogP contribution in [0.4, 0.5) is 5.95 Å². The smallest absolute Gasteiger partial charge is 0.323 e. The van der Waals surface area contributed by atoms with E-state index in [2.05, 4.69) is 32.2 Å². The summed E-state index contributed by atoms with van der Waals surface area (Å²) in [7, 11) is 1.76. The number of aromatic nitrogens is 5. The predicted molar refractivity (Wildman–Crippen MR) is 71.5 cm³/mol. The SMILES string of the molecule is CCCC(C)Oc1nc(NC)nc(-n2ccnc2)n1. The summed E-state index contributed by atoms with van der Waals surface area (Å²) in [5, 5.41) is 2.90. The van der Waals surface area contributed by atoms with Gasteiger partial charge in [-0.3, -0.25) is 4.57 Å². The van der Waals surface area contributed by atoms with Gasteiger partial charge in [0.25, 0.3) is 0 Å². The van der Waals surface area contributed by atoms with Gasteiger partial charge in [0.05, 0.1) is 6.10 Å². The maximum Gasteiger partial charge on any atom is 0.323 e. The van der Waals surface area contributed by atoms with E-state index in [0.29, 0.717) is 17.9 Å². The molecule has 0 aliphatic carbocycles. The van der Waals surface area contributed by atoms with Gasteiger partial charge in [0.1, 0.15) is 6.33 Å². The third kappa shape index (κ3) is 3.40. The Hall–Kier alpha value is -2.18. The molecule has 2 aromatic heterocycles. The third-order valence-corrected chi connectivity index (χ3v) is 2.56. The van der Waals surface area contributed by atoms with Crippen molar-refractivity contribution in [2.75, 3.05) is 12.4 Å². The molecule has 0 spiro atoms. The van der Waals surface area contributed by atoms with Gasteiger partial charge in [0.15, 0.2) is 0 Å². The molecule has 0 saturated carbocycles. The van der Waals surface area contributed by atoms with Gasteiger partial charge < -0.3 is 10.1 Å². The average molecular weight is 262 g/mol. The molecular weight excluding hydrogens is 244 g/mol. The molecule has 2 rings (SSSR count). The Morgan fingerprint density at radius 2 is 2.21 bits per heavy atom. The number of nitrogens with zero attached hydrogens (tertiary/aromatic N) is 5. The first-order chi connectivity index (χ1) is 9.22. The maximum absolute atomic E-state index is 5.70. The highest BCUT2D eigenvalue weighted by Crippen LogP contribution is 2.13. The zero-order valence-corrected chi connectivity index (χ0v) is 11.4. The van der Waals surface area contributed by atoms with E-state index in [4.69, 9.17) is 4.74 Å². The number of imidazole rings is 1. The van der Waals surface area contributed by atoms with Crippen LogP contribution in [0.1, 0.15) is 26.7 Å². The summed E-state index contributed by atoms with van der Waals surface area (Å²) in [6.07, 6.45) is 7.17. The minimum Gasteiger partial charge on any atom is -0.460 e. The normalized spacial score (nSPS) is 12.2. The van der Waals surface area contributed by atoms with E-state index in [9.17, 15) is 0 Å². The van der Waals surface area contributed by atoms with Crippen molar-refractivity contribution in [3.63, 3.8) is 0 Å². The monoisotopic (exact) mass is 262 g/mol. The molecule has 2 heterocycles. The van der Waals surface area contributed by atoms with E-state index in [1.54, 1.807) is 30.3 Å². The van der Waals surface area contributed by atoms with Crippen molar-refractivity contribution in [2.45, 2.75) is 32.8 Å². The first kappa shape index (κ1) is 13.3. The molecule has 0 aromatic carbocycles. The number of ether oxygens (including phenoxy) is 1. The van der Waals surface area contributed by atoms with Crippen molar-refractivity contribution in [2.24, 2.45) is 0 Å². The zero-order valence-electron chi connectivity index (χ0n) is 11.4. The molecule has 0 aliphatic heterocycles. The highest BCUT2D eigenvalue weighted by atomic mass is 16.5. The molecule has 1 unspecified atom stereocenters. The van der Waals surface area contributed by atoms with Crippen LogP contribution in [0.3, 0.4) is 0 Å². The van der Waals surface area contributed by atoms with E-state index in [-0.39, 0.29) is 6.10 Å². The lowest BCUT2D eigenvalue weighted by atomic mass is 10.2. The Morgan fingerprint density at radius 3 is 2.84 bits per heavy atom. The number of hydrogen-bond acceptors (Lipinski definition) is 6. The molecule has 19 heavy (non-hydrogen) atoms. The lowest BCUT2D eigenvalue weighted by Crippen LogP contribution is -2.15. The van der Waals surface area contributed by atoms with Gasteiger partial charge in [0, 0.05) is 19.4 Å². The fourth-order valence-corrected chi connectivity index (χ4v) is 1.65. The Balaban J connectivity index is 2.26. The molecule has 0 radical (unpaired) electrons. The van der Waals surface area contributed by atoms with Gasteiger partial charge in [0.2, 0.25) is 11.9 Å². The van der Waals surface area contributed by atoms with Gasteiger partial charge in [-0.15, -0.1) is 0 Å². The van der Waals surface area contributed by atoms with Crippen LogP contribution < -0.4 is 10.1 Å². The molecule has 7 heteroatoms. The molecule has 0 amide bonds. The van der Waals surface area contributed by atoms with Crippen LogP contribution in [0.2, 0.25) is 0 Å². The Bertz CT molecular complexity index is 513. The Morgan fingerprint density at radius 1 is 1.37 bits per heavy atom. The Kier molecular flexibility index (Phi) is 4.27. The maximum atomic E-state index is 5.70. The van der Waals surface area contributed by atoms with Crippen LogP contribution in [-0.4, -0.2) is 37.7 Å². The lowest BCUT2D eigenvalue weighted by Gasteiger charge is -2.13. The lowest BCUT2D eigenvalue weighted by molar-refractivity contribution is 0.192. The van der Waals surface area contributed by atoms with Crippen molar-refractivity contribution < 1.29 is 4.74 Å². The van der Waals surface area contributed by atoms with Crippen LogP contribution in [0, 0.1) is 0 Å². The molecule has 2 aromatic rings. The zero-order chi connectivity index (χ0) is 13.7. The van der Waals surface area contributed by atoms with Crippen LogP contribution in [0.25, 0.3) is 5.95 Å². The largest absolute Gasteiger partial charge is 0.460 e. The van der Waals surface area contributed by atoms with Gasteiger partial charge in [-0.05, 0) is 13.3 Å². The molecule has 0 aliphatic rings. The summed E-state index contributed by atoms with van der Waals surface area (Å²) < 4.78 is 7.41. The van der Waals surface area contributed by atoms with Crippen molar-refractivity contribution in [3.05, 3.63) is 18.7 Å². The highest BCUT2D eigenvalue weighted by molar-refractivity contribution is 5.29. The van der Waals surface area contributed by atoms with Gasteiger partial charge >= 0.3 is 6.01 Å². The first-order valence-electron chi connectivity index (χ1n) is 6.31. The number of anilines is 1. The molecule has 1 N–H and O–H groups in total. The summed E-state index contributed by atoms with van der Waals surface area (Å²) >= 11 is 0. The van der Waals surface area contributed by atoms with Crippen LogP contribution in [-0.2, 0) is 0 Å². The Labute approximate surface area is 112 Å². The second-order valence-corrected chi connectivity index (χ2v) is 4.18. The van der Waals surface area contributed by atoms with E-state index in [0.717, 1.165) is 12.8 Å². The quantitative estimate of drug-likeness (QED) is 0.853. The fraction of sp³-hybridized carbons (Fsp3) is 0.500. The molecular formula is C12H18N6O. The first-order valence-corrected chi connectivity index (χ1v) is 6.31. The molecule has 0 bridgehead atoms. The summed E-state index contributed by atoms with van der Waals surface area (Å²) in [6.45, 7) is 4.12. The fourth-order valence-electron chi connectivity index (χ4n) is 1.65. The summed E-state index contributed by atoms with van der Waals surface area (Å²) in [5.74, 6) is 0.952. The number of nitrogens with one attached hydrogen (secondary N) is 1. The predicted octanol–water partition coefficient (Wildman–Crippen LogP) is 1.67. The van der Waals surface area contributed by atoms with Gasteiger partial charge in [-0.25, -0.2) is 4.98 Å². The highest BCUT2D eigenvalue weighted by Gasteiger charge is 2.11. The van der Waals surface area contributed by atoms with Crippen molar-refractivity contribution in [1.82, 2.24) is 24.5 Å². The van der Waals surface area contributed by atoms with Crippen molar-refractivity contribution in [1.29, 1.82) is 0 Å². The standard InChI is InChI=1S/C12H18N6O/c1-4-5-9(2)19-12-16-10(13-3)15-11(17-12)18-7-6-14-8-18/h6-9H,4-5H2,1-3H3,(H,13,15,16,17). The van der Waals surface area contributed by atoms with Gasteiger partial charge in [-0.1, -0.05) is 13.3 Å². The van der Waals surface area contributed by atoms with Crippen molar-refractivity contribution in [3.8, 4) is 12.0 Å². The second-order valence-electron chi connectivity index (χ2n) is 4.18. The topological polar surface area (TPSA) is 77.8 Å².